The van der Waals surface area contributed by atoms with E-state index in [1.54, 1.807) is 23.0 Å². The molecule has 5 nitrogen and oxygen atoms in total. The van der Waals surface area contributed by atoms with Gasteiger partial charge in [-0.25, -0.2) is 0 Å². The first-order valence-corrected chi connectivity index (χ1v) is 5.34. The van der Waals surface area contributed by atoms with Crippen LogP contribution in [0, 0.1) is 0 Å². The summed E-state index contributed by atoms with van der Waals surface area (Å²) in [5.74, 6) is 0.169. The second-order valence-corrected chi connectivity index (χ2v) is 3.94. The van der Waals surface area contributed by atoms with Gasteiger partial charge in [-0.2, -0.15) is 5.10 Å². The summed E-state index contributed by atoms with van der Waals surface area (Å²) in [5, 5.41) is 26.0. The first-order valence-electron chi connectivity index (χ1n) is 5.34. The predicted molar refractivity (Wildman–Crippen MR) is 70.8 cm³/mol. The molecule has 6 heteroatoms. The van der Waals surface area contributed by atoms with E-state index >= 15 is 0 Å². The van der Waals surface area contributed by atoms with E-state index in [-0.39, 0.29) is 23.9 Å². The van der Waals surface area contributed by atoms with Gasteiger partial charge in [0.25, 0.3) is 0 Å². The molecule has 0 fully saturated rings. The number of hydrogen-bond donors (Lipinski definition) is 3. The van der Waals surface area contributed by atoms with Gasteiger partial charge in [0, 0.05) is 43.5 Å². The zero-order valence-corrected chi connectivity index (χ0v) is 10.8. The molecule has 98 valence electrons. The van der Waals surface area contributed by atoms with Crippen LogP contribution >= 0.6 is 12.4 Å². The molecule has 0 unspecified atom stereocenters. The minimum absolute atomic E-state index is 0. The molecule has 0 saturated heterocycles. The molecule has 0 radical (unpaired) electrons. The van der Waals surface area contributed by atoms with Crippen LogP contribution in [0.2, 0.25) is 0 Å². The average Bonchev–Trinajstić information content (AvgIpc) is 2.68. The van der Waals surface area contributed by atoms with Crippen LogP contribution < -0.4 is 5.32 Å². The van der Waals surface area contributed by atoms with Crippen molar-refractivity contribution in [1.29, 1.82) is 0 Å². The lowest BCUT2D eigenvalue weighted by atomic mass is 10.2. The number of hydrogen-bond acceptors (Lipinski definition) is 4. The third-order valence-electron chi connectivity index (χ3n) is 2.47. The van der Waals surface area contributed by atoms with Gasteiger partial charge in [-0.3, -0.25) is 4.68 Å². The van der Waals surface area contributed by atoms with Gasteiger partial charge in [0.1, 0.15) is 11.5 Å². The number of aromatic nitrogens is 2. The van der Waals surface area contributed by atoms with Gasteiger partial charge in [0.05, 0.1) is 6.20 Å². The summed E-state index contributed by atoms with van der Waals surface area (Å²) < 4.78 is 1.75. The second-order valence-electron chi connectivity index (χ2n) is 3.94. The molecule has 0 bridgehead atoms. The third-order valence-corrected chi connectivity index (χ3v) is 2.47. The van der Waals surface area contributed by atoms with E-state index in [0.717, 1.165) is 11.1 Å². The summed E-state index contributed by atoms with van der Waals surface area (Å²) >= 11 is 0. The molecule has 3 N–H and O–H groups in total. The number of aromatic hydroxyl groups is 2. The zero-order valence-electron chi connectivity index (χ0n) is 10.00. The van der Waals surface area contributed by atoms with Crippen molar-refractivity contribution in [2.45, 2.75) is 13.1 Å². The van der Waals surface area contributed by atoms with E-state index in [2.05, 4.69) is 10.4 Å². The maximum absolute atomic E-state index is 9.58. The zero-order chi connectivity index (χ0) is 12.3. The highest BCUT2D eigenvalue weighted by Crippen LogP contribution is 2.22. The largest absolute Gasteiger partial charge is 0.508 e. The number of rotatable bonds is 4. The van der Waals surface area contributed by atoms with Crippen molar-refractivity contribution in [3.05, 3.63) is 41.7 Å². The minimum Gasteiger partial charge on any atom is -0.508 e. The summed E-state index contributed by atoms with van der Waals surface area (Å²) in [5.41, 5.74) is 1.84. The number of phenols is 2. The summed E-state index contributed by atoms with van der Waals surface area (Å²) in [4.78, 5) is 0. The Labute approximate surface area is 111 Å². The van der Waals surface area contributed by atoms with Crippen LogP contribution in [0.5, 0.6) is 11.5 Å². The van der Waals surface area contributed by atoms with E-state index in [4.69, 9.17) is 5.11 Å². The Morgan fingerprint density at radius 1 is 1.28 bits per heavy atom. The van der Waals surface area contributed by atoms with Crippen molar-refractivity contribution in [3.63, 3.8) is 0 Å². The average molecular weight is 270 g/mol. The van der Waals surface area contributed by atoms with Crippen LogP contribution in [0.4, 0.5) is 0 Å². The lowest BCUT2D eigenvalue weighted by Crippen LogP contribution is -2.12. The van der Waals surface area contributed by atoms with Crippen molar-refractivity contribution in [2.75, 3.05) is 0 Å². The highest BCUT2D eigenvalue weighted by Gasteiger charge is 2.02. The van der Waals surface area contributed by atoms with Crippen LogP contribution in [-0.2, 0) is 20.1 Å². The first kappa shape index (κ1) is 14.3. The lowest BCUT2D eigenvalue weighted by Gasteiger charge is -2.06. The van der Waals surface area contributed by atoms with Crippen molar-refractivity contribution in [2.24, 2.45) is 7.05 Å². The molecule has 0 aliphatic rings. The van der Waals surface area contributed by atoms with Crippen LogP contribution in [0.1, 0.15) is 11.1 Å². The Kier molecular flexibility index (Phi) is 5.00. The molecule has 2 rings (SSSR count). The van der Waals surface area contributed by atoms with E-state index in [1.165, 1.54) is 6.07 Å². The Balaban J connectivity index is 0.00000162. The van der Waals surface area contributed by atoms with E-state index < -0.39 is 0 Å². The molecule has 0 aliphatic heterocycles. The van der Waals surface area contributed by atoms with Gasteiger partial charge in [-0.1, -0.05) is 6.07 Å². The Bertz CT molecular complexity index is 514. The molecular weight excluding hydrogens is 254 g/mol. The first-order chi connectivity index (χ1) is 8.15. The van der Waals surface area contributed by atoms with Crippen molar-refractivity contribution in [1.82, 2.24) is 15.1 Å². The van der Waals surface area contributed by atoms with Crippen molar-refractivity contribution >= 4 is 12.4 Å². The highest BCUT2D eigenvalue weighted by molar-refractivity contribution is 5.85. The van der Waals surface area contributed by atoms with Gasteiger partial charge in [0.2, 0.25) is 0 Å². The SMILES string of the molecule is Cl.Cn1cc(CNCc2ccc(O)cc2O)cn1. The summed E-state index contributed by atoms with van der Waals surface area (Å²) in [6.07, 6.45) is 3.73. The van der Waals surface area contributed by atoms with Crippen LogP contribution in [-0.4, -0.2) is 20.0 Å². The Hall–Kier alpha value is -1.72. The molecule has 0 atom stereocenters. The summed E-state index contributed by atoms with van der Waals surface area (Å²) in [6.45, 7) is 1.23. The number of nitrogens with one attached hydrogen (secondary N) is 1. The highest BCUT2D eigenvalue weighted by atomic mass is 35.5. The molecule has 1 heterocycles. The van der Waals surface area contributed by atoms with Gasteiger partial charge in [0.15, 0.2) is 0 Å². The minimum atomic E-state index is 0. The Morgan fingerprint density at radius 2 is 2.06 bits per heavy atom. The lowest BCUT2D eigenvalue weighted by molar-refractivity contribution is 0.443. The van der Waals surface area contributed by atoms with E-state index in [9.17, 15) is 5.11 Å². The van der Waals surface area contributed by atoms with Crippen LogP contribution in [0.15, 0.2) is 30.6 Å². The van der Waals surface area contributed by atoms with Crippen molar-refractivity contribution < 1.29 is 10.2 Å². The Morgan fingerprint density at radius 3 is 2.67 bits per heavy atom. The molecule has 0 aliphatic carbocycles. The molecule has 1 aromatic carbocycles. The smallest absolute Gasteiger partial charge is 0.123 e. The molecular formula is C12H16ClN3O2. The van der Waals surface area contributed by atoms with Gasteiger partial charge < -0.3 is 15.5 Å². The quantitative estimate of drug-likeness (QED) is 0.788. The number of nitrogens with zero attached hydrogens (tertiary/aromatic N) is 2. The molecule has 0 spiro atoms. The number of benzene rings is 1. The topological polar surface area (TPSA) is 70.3 Å². The standard InChI is InChI=1S/C12H15N3O2.ClH/c1-15-8-9(6-14-15)5-13-7-10-2-3-11(16)4-12(10)17;/h2-4,6,8,13,16-17H,5,7H2,1H3;1H. The fraction of sp³-hybridized carbons (Fsp3) is 0.250. The normalized spacial score (nSPS) is 10.1. The van der Waals surface area contributed by atoms with Gasteiger partial charge >= 0.3 is 0 Å². The fourth-order valence-corrected chi connectivity index (χ4v) is 1.61. The molecule has 1 aromatic heterocycles. The van der Waals surface area contributed by atoms with E-state index in [1.807, 2.05) is 13.2 Å². The summed E-state index contributed by atoms with van der Waals surface area (Å²) in [7, 11) is 1.87. The third kappa shape index (κ3) is 3.65. The monoisotopic (exact) mass is 269 g/mol. The molecule has 2 aromatic rings. The molecule has 0 saturated carbocycles. The maximum atomic E-state index is 9.58. The number of aryl methyl sites for hydroxylation is 1. The number of phenolic OH excluding ortho intramolecular Hbond substituents is 2. The molecule has 0 amide bonds. The molecule has 18 heavy (non-hydrogen) atoms. The van der Waals surface area contributed by atoms with Gasteiger partial charge in [-0.15, -0.1) is 12.4 Å². The maximum Gasteiger partial charge on any atom is 0.123 e. The fourth-order valence-electron chi connectivity index (χ4n) is 1.61. The second kappa shape index (κ2) is 6.28. The van der Waals surface area contributed by atoms with Crippen molar-refractivity contribution in [3.8, 4) is 11.5 Å². The summed E-state index contributed by atoms with van der Waals surface area (Å²) in [6, 6.07) is 4.59. The number of halogens is 1. The predicted octanol–water partition coefficient (Wildman–Crippen LogP) is 1.54. The van der Waals surface area contributed by atoms with Gasteiger partial charge in [-0.05, 0) is 6.07 Å². The van der Waals surface area contributed by atoms with Crippen LogP contribution in [0.25, 0.3) is 0 Å². The van der Waals surface area contributed by atoms with Crippen LogP contribution in [0.3, 0.4) is 0 Å². The van der Waals surface area contributed by atoms with E-state index in [0.29, 0.717) is 13.1 Å².